The first-order valence-corrected chi connectivity index (χ1v) is 10.7. The average molecular weight is 437 g/mol. The third-order valence-corrected chi connectivity index (χ3v) is 6.82. The fraction of sp³-hybridized carbons (Fsp3) is 0.316. The lowest BCUT2D eigenvalue weighted by atomic mass is 10.2. The van der Waals surface area contributed by atoms with Gasteiger partial charge in [0.15, 0.2) is 5.16 Å². The molecular weight excluding hydrogens is 420 g/mol. The number of amides is 1. The van der Waals surface area contributed by atoms with Crippen molar-refractivity contribution in [1.82, 2.24) is 9.55 Å². The van der Waals surface area contributed by atoms with Gasteiger partial charge in [-0.1, -0.05) is 11.8 Å². The maximum absolute atomic E-state index is 12.8. The number of aryl methyl sites for hydroxylation is 2. The van der Waals surface area contributed by atoms with E-state index in [-0.39, 0.29) is 23.0 Å². The Hall–Kier alpha value is -2.46. The largest absolute Gasteiger partial charge is 0.435 e. The van der Waals surface area contributed by atoms with Crippen LogP contribution in [0.1, 0.15) is 16.9 Å². The monoisotopic (exact) mass is 437 g/mol. The van der Waals surface area contributed by atoms with Crippen LogP contribution in [-0.4, -0.2) is 27.8 Å². The van der Waals surface area contributed by atoms with Gasteiger partial charge in [-0.3, -0.25) is 14.2 Å². The van der Waals surface area contributed by atoms with Crippen LogP contribution in [0.25, 0.3) is 10.2 Å². The highest BCUT2D eigenvalue weighted by atomic mass is 32.2. The maximum atomic E-state index is 12.8. The first-order chi connectivity index (χ1) is 13.9. The Morgan fingerprint density at radius 2 is 2.10 bits per heavy atom. The molecule has 1 aliphatic carbocycles. The Labute approximate surface area is 172 Å². The molecule has 29 heavy (non-hydrogen) atoms. The zero-order valence-corrected chi connectivity index (χ0v) is 17.0. The molecule has 0 atom stereocenters. The molecule has 0 bridgehead atoms. The lowest BCUT2D eigenvalue weighted by Gasteiger charge is -2.09. The van der Waals surface area contributed by atoms with Gasteiger partial charge in [0.05, 0.1) is 11.1 Å². The quantitative estimate of drug-likeness (QED) is 0.469. The van der Waals surface area contributed by atoms with Gasteiger partial charge in [-0.2, -0.15) is 8.78 Å². The highest BCUT2D eigenvalue weighted by molar-refractivity contribution is 7.99. The molecule has 1 aromatic carbocycles. The van der Waals surface area contributed by atoms with Gasteiger partial charge >= 0.3 is 6.61 Å². The molecule has 0 radical (unpaired) electrons. The van der Waals surface area contributed by atoms with Gasteiger partial charge in [0.2, 0.25) is 5.91 Å². The second-order valence-corrected chi connectivity index (χ2v) is 8.56. The van der Waals surface area contributed by atoms with Crippen LogP contribution in [0.3, 0.4) is 0 Å². The van der Waals surface area contributed by atoms with Gasteiger partial charge in [-0.25, -0.2) is 4.98 Å². The Morgan fingerprint density at radius 3 is 2.83 bits per heavy atom. The maximum Gasteiger partial charge on any atom is 0.387 e. The number of hydrogen-bond acceptors (Lipinski definition) is 6. The van der Waals surface area contributed by atoms with Crippen LogP contribution in [-0.2, 0) is 24.7 Å². The number of fused-ring (bicyclic) bond motifs is 3. The van der Waals surface area contributed by atoms with Gasteiger partial charge in [0.25, 0.3) is 5.56 Å². The van der Waals surface area contributed by atoms with E-state index in [1.165, 1.54) is 45.5 Å². The number of nitrogens with one attached hydrogen (secondary N) is 1. The molecular formula is C19H17F2N3O3S2. The third kappa shape index (κ3) is 4.13. The van der Waals surface area contributed by atoms with Crippen molar-refractivity contribution in [2.24, 2.45) is 7.05 Å². The highest BCUT2D eigenvalue weighted by Gasteiger charge is 2.22. The van der Waals surface area contributed by atoms with E-state index in [1.54, 1.807) is 18.4 Å². The summed E-state index contributed by atoms with van der Waals surface area (Å²) in [6.45, 7) is -2.90. The van der Waals surface area contributed by atoms with E-state index in [0.717, 1.165) is 29.7 Å². The number of aromatic nitrogens is 2. The van der Waals surface area contributed by atoms with E-state index in [1.807, 2.05) is 0 Å². The molecule has 0 saturated heterocycles. The summed E-state index contributed by atoms with van der Waals surface area (Å²) in [6.07, 6.45) is 2.99. The number of alkyl halides is 2. The number of ether oxygens (including phenoxy) is 1. The zero-order chi connectivity index (χ0) is 20.5. The predicted molar refractivity (Wildman–Crippen MR) is 109 cm³/mol. The molecule has 1 N–H and O–H groups in total. The van der Waals surface area contributed by atoms with E-state index in [4.69, 9.17) is 0 Å². The number of carbonyl (C=O) groups excluding carboxylic acids is 1. The van der Waals surface area contributed by atoms with E-state index < -0.39 is 6.61 Å². The van der Waals surface area contributed by atoms with Crippen LogP contribution < -0.4 is 15.6 Å². The van der Waals surface area contributed by atoms with Crippen molar-refractivity contribution in [2.75, 3.05) is 11.1 Å². The summed E-state index contributed by atoms with van der Waals surface area (Å²) >= 11 is 2.74. The normalized spacial score (nSPS) is 13.1. The predicted octanol–water partition coefficient (Wildman–Crippen LogP) is 3.82. The van der Waals surface area contributed by atoms with Crippen LogP contribution in [0.2, 0.25) is 0 Å². The Morgan fingerprint density at radius 1 is 1.34 bits per heavy atom. The number of anilines is 1. The molecule has 4 rings (SSSR count). The van der Waals surface area contributed by atoms with E-state index >= 15 is 0 Å². The Kier molecular flexibility index (Phi) is 5.55. The fourth-order valence-corrected chi connectivity index (χ4v) is 5.36. The average Bonchev–Trinajstić information content (AvgIpc) is 3.25. The number of thiophene rings is 1. The molecule has 2 heterocycles. The zero-order valence-electron chi connectivity index (χ0n) is 15.4. The molecule has 0 fully saturated rings. The van der Waals surface area contributed by atoms with E-state index in [2.05, 4.69) is 15.0 Å². The molecule has 0 aliphatic heterocycles. The Balaban J connectivity index is 1.43. The summed E-state index contributed by atoms with van der Waals surface area (Å²) < 4.78 is 30.1. The van der Waals surface area contributed by atoms with Crippen molar-refractivity contribution in [3.8, 4) is 5.75 Å². The molecule has 6 nitrogen and oxygen atoms in total. The van der Waals surface area contributed by atoms with Crippen LogP contribution >= 0.6 is 23.1 Å². The molecule has 1 amide bonds. The van der Waals surface area contributed by atoms with Gasteiger partial charge < -0.3 is 10.1 Å². The minimum atomic E-state index is -2.90. The van der Waals surface area contributed by atoms with Gasteiger partial charge in [0.1, 0.15) is 10.6 Å². The van der Waals surface area contributed by atoms with Crippen LogP contribution in [0.5, 0.6) is 5.75 Å². The number of carbonyl (C=O) groups is 1. The minimum absolute atomic E-state index is 0.0164. The summed E-state index contributed by atoms with van der Waals surface area (Å²) in [4.78, 5) is 31.6. The van der Waals surface area contributed by atoms with E-state index in [0.29, 0.717) is 16.2 Å². The van der Waals surface area contributed by atoms with Gasteiger partial charge in [-0.15, -0.1) is 11.3 Å². The molecule has 3 aromatic rings. The fourth-order valence-electron chi connectivity index (χ4n) is 3.28. The standard InChI is InChI=1S/C19H17F2N3O3S2/c1-24-17(26)15-12-3-2-4-13(12)29-16(15)23-19(24)28-9-14(25)22-10-5-7-11(8-6-10)27-18(20)21/h5-8,18H,2-4,9H2,1H3,(H,22,25). The highest BCUT2D eigenvalue weighted by Crippen LogP contribution is 2.35. The van der Waals surface area contributed by atoms with Crippen LogP contribution in [0.4, 0.5) is 14.5 Å². The van der Waals surface area contributed by atoms with Crippen molar-refractivity contribution in [3.63, 3.8) is 0 Å². The molecule has 0 saturated carbocycles. The number of thioether (sulfide) groups is 1. The topological polar surface area (TPSA) is 73.2 Å². The molecule has 152 valence electrons. The van der Waals surface area contributed by atoms with Crippen molar-refractivity contribution < 1.29 is 18.3 Å². The summed E-state index contributed by atoms with van der Waals surface area (Å²) in [5, 5.41) is 3.88. The molecule has 10 heteroatoms. The van der Waals surface area contributed by atoms with Crippen molar-refractivity contribution in [3.05, 3.63) is 45.1 Å². The smallest absolute Gasteiger partial charge is 0.387 e. The Bertz CT molecular complexity index is 1130. The van der Waals surface area contributed by atoms with Gasteiger partial charge in [-0.05, 0) is 49.1 Å². The lowest BCUT2D eigenvalue weighted by Crippen LogP contribution is -2.21. The number of halogens is 2. The summed E-state index contributed by atoms with van der Waals surface area (Å²) in [5.74, 6) is -0.213. The molecule has 0 unspecified atom stereocenters. The molecule has 1 aliphatic rings. The second kappa shape index (κ2) is 8.11. The van der Waals surface area contributed by atoms with Gasteiger partial charge in [0, 0.05) is 17.6 Å². The van der Waals surface area contributed by atoms with Crippen LogP contribution in [0.15, 0.2) is 34.2 Å². The first kappa shape index (κ1) is 19.8. The first-order valence-electron chi connectivity index (χ1n) is 8.91. The summed E-state index contributed by atoms with van der Waals surface area (Å²) in [5.41, 5.74) is 1.52. The summed E-state index contributed by atoms with van der Waals surface area (Å²) in [7, 11) is 1.66. The number of nitrogens with zero attached hydrogens (tertiary/aromatic N) is 2. The van der Waals surface area contributed by atoms with Crippen molar-refractivity contribution in [2.45, 2.75) is 31.0 Å². The molecule has 0 spiro atoms. The number of hydrogen-bond donors (Lipinski definition) is 1. The van der Waals surface area contributed by atoms with E-state index in [9.17, 15) is 18.4 Å². The lowest BCUT2D eigenvalue weighted by molar-refractivity contribution is -0.113. The number of rotatable bonds is 6. The summed E-state index contributed by atoms with van der Waals surface area (Å²) in [6, 6.07) is 5.66. The van der Waals surface area contributed by atoms with Crippen molar-refractivity contribution >= 4 is 44.9 Å². The third-order valence-electron chi connectivity index (χ3n) is 4.60. The van der Waals surface area contributed by atoms with Crippen molar-refractivity contribution in [1.29, 1.82) is 0 Å². The molecule has 2 aromatic heterocycles. The number of benzene rings is 1. The minimum Gasteiger partial charge on any atom is -0.435 e. The SMILES string of the molecule is Cn1c(SCC(=O)Nc2ccc(OC(F)F)cc2)nc2sc3c(c2c1=O)CCC3. The second-order valence-electron chi connectivity index (χ2n) is 6.54. The van der Waals surface area contributed by atoms with Crippen LogP contribution in [0, 0.1) is 0 Å².